The molecule has 4 saturated carbocycles. The molecule has 0 aromatic rings. The van der Waals surface area contributed by atoms with E-state index in [4.69, 9.17) is 23.7 Å². The zero-order valence-corrected chi connectivity index (χ0v) is 27.6. The molecule has 0 bridgehead atoms. The van der Waals surface area contributed by atoms with E-state index in [2.05, 4.69) is 58.3 Å². The predicted octanol–water partition coefficient (Wildman–Crippen LogP) is 6.65. The van der Waals surface area contributed by atoms with Crippen LogP contribution < -0.4 is 0 Å². The van der Waals surface area contributed by atoms with Crippen molar-refractivity contribution in [1.29, 1.82) is 0 Å². The number of hydrogen-bond acceptors (Lipinski definition) is 7. The van der Waals surface area contributed by atoms with Crippen LogP contribution in [-0.4, -0.2) is 60.3 Å². The average Bonchev–Trinajstić information content (AvgIpc) is 3.08. The van der Waals surface area contributed by atoms with Crippen LogP contribution in [0.4, 0.5) is 0 Å². The molecule has 0 spiro atoms. The summed E-state index contributed by atoms with van der Waals surface area (Å²) in [6.45, 7) is 18.0. The van der Waals surface area contributed by atoms with Gasteiger partial charge in [0, 0.05) is 11.3 Å². The Morgan fingerprint density at radius 1 is 0.947 bits per heavy atom. The Morgan fingerprint density at radius 2 is 1.63 bits per heavy atom. The molecule has 4 rings (SSSR count). The number of oxime groups is 2. The summed E-state index contributed by atoms with van der Waals surface area (Å²) in [4.78, 5) is 25.0. The van der Waals surface area contributed by atoms with E-state index in [1.807, 2.05) is 0 Å². The Bertz CT molecular complexity index is 973. The van der Waals surface area contributed by atoms with E-state index in [0.717, 1.165) is 50.7 Å². The van der Waals surface area contributed by atoms with E-state index in [0.29, 0.717) is 23.7 Å². The lowest BCUT2D eigenvalue weighted by molar-refractivity contribution is -0.154. The van der Waals surface area contributed by atoms with Gasteiger partial charge in [-0.05, 0) is 114 Å². The van der Waals surface area contributed by atoms with E-state index in [9.17, 15) is 4.79 Å². The molecule has 0 aliphatic heterocycles. The molecule has 4 aliphatic rings. The van der Waals surface area contributed by atoms with Crippen molar-refractivity contribution in [2.24, 2.45) is 44.8 Å². The van der Waals surface area contributed by atoms with Gasteiger partial charge < -0.3 is 18.5 Å². The molecular weight excluding hydrogens is 513 g/mol. The van der Waals surface area contributed by atoms with Gasteiger partial charge >= 0.3 is 0 Å². The standard InChI is InChI=1S/C29H52N2O5Si2/c1-27-15-13-21(30-33-3)17-20(27)11-12-22-23-14-16-29(36-38(8,9)10,25(32)19-35-37(5,6)7)28(23,2)18-24(26(22)27)31-34-4/h20,22-23,26H,11-19H2,1-10H3/t20?,22?,23?,26?,27-,28-,29-/m0/s1. The summed E-state index contributed by atoms with van der Waals surface area (Å²) in [6.07, 6.45) is 7.95. The first-order valence-corrected chi connectivity index (χ1v) is 21.5. The van der Waals surface area contributed by atoms with Gasteiger partial charge in [-0.2, -0.15) is 0 Å². The van der Waals surface area contributed by atoms with Crippen molar-refractivity contribution < 1.29 is 23.3 Å². The van der Waals surface area contributed by atoms with Gasteiger partial charge in [0.25, 0.3) is 0 Å². The van der Waals surface area contributed by atoms with E-state index in [-0.39, 0.29) is 23.2 Å². The number of carbonyl (C=O) groups excluding carboxylic acids is 1. The fourth-order valence-corrected chi connectivity index (χ4v) is 11.0. The number of rotatable bonds is 8. The molecule has 0 heterocycles. The summed E-state index contributed by atoms with van der Waals surface area (Å²) in [6, 6.07) is 0. The van der Waals surface area contributed by atoms with Crippen LogP contribution in [-0.2, 0) is 23.3 Å². The number of ketones is 1. The second kappa shape index (κ2) is 10.4. The van der Waals surface area contributed by atoms with Crippen molar-refractivity contribution in [3.63, 3.8) is 0 Å². The predicted molar refractivity (Wildman–Crippen MR) is 157 cm³/mol. The highest BCUT2D eigenvalue weighted by atomic mass is 28.4. The van der Waals surface area contributed by atoms with Gasteiger partial charge in [0.2, 0.25) is 0 Å². The minimum Gasteiger partial charge on any atom is -0.410 e. The minimum atomic E-state index is -2.06. The fraction of sp³-hybridized carbons (Fsp3) is 0.897. The monoisotopic (exact) mass is 564 g/mol. The molecule has 4 aliphatic carbocycles. The van der Waals surface area contributed by atoms with Crippen LogP contribution in [0.2, 0.25) is 39.3 Å². The molecule has 7 nitrogen and oxygen atoms in total. The van der Waals surface area contributed by atoms with E-state index in [1.165, 1.54) is 12.1 Å². The number of nitrogens with zero attached hydrogens (tertiary/aromatic N) is 2. The summed E-state index contributed by atoms with van der Waals surface area (Å²) in [5, 5.41) is 9.09. The molecule has 0 aromatic carbocycles. The van der Waals surface area contributed by atoms with Crippen LogP contribution in [0, 0.1) is 34.5 Å². The second-order valence-corrected chi connectivity index (χ2v) is 23.8. The molecule has 0 amide bonds. The number of fused-ring (bicyclic) bond motifs is 5. The Hall–Kier alpha value is -1.04. The third kappa shape index (κ3) is 5.21. The van der Waals surface area contributed by atoms with Gasteiger partial charge in [0.05, 0.1) is 18.0 Å². The summed E-state index contributed by atoms with van der Waals surface area (Å²) in [5.74, 6) is 1.96. The Kier molecular flexibility index (Phi) is 8.21. The van der Waals surface area contributed by atoms with Gasteiger partial charge in [0.15, 0.2) is 22.4 Å². The summed E-state index contributed by atoms with van der Waals surface area (Å²) >= 11 is 0. The maximum absolute atomic E-state index is 14.3. The number of hydrogen-bond donors (Lipinski definition) is 0. The van der Waals surface area contributed by atoms with Gasteiger partial charge in [-0.15, -0.1) is 0 Å². The summed E-state index contributed by atoms with van der Waals surface area (Å²) in [5.41, 5.74) is 1.32. The Morgan fingerprint density at radius 3 is 2.24 bits per heavy atom. The molecule has 38 heavy (non-hydrogen) atoms. The quantitative estimate of drug-likeness (QED) is 0.243. The van der Waals surface area contributed by atoms with Crippen molar-refractivity contribution >= 4 is 33.8 Å². The van der Waals surface area contributed by atoms with Gasteiger partial charge in [-0.3, -0.25) is 4.79 Å². The normalized spacial score (nSPS) is 41.4. The molecule has 4 unspecified atom stereocenters. The van der Waals surface area contributed by atoms with Gasteiger partial charge in [-0.1, -0.05) is 24.2 Å². The van der Waals surface area contributed by atoms with Gasteiger partial charge in [-0.25, -0.2) is 0 Å². The SMILES string of the molecule is CON=C1CC[C@@]2(C)C(CCC3C2C(=NOC)C[C@@]2(C)C3CC[C@]2(O[Si](C)(C)C)C(=O)CO[Si](C)(C)C)C1. The first kappa shape index (κ1) is 29.9. The zero-order chi connectivity index (χ0) is 28.1. The Labute approximate surface area is 232 Å². The van der Waals surface area contributed by atoms with Crippen molar-refractivity contribution in [2.75, 3.05) is 20.8 Å². The van der Waals surface area contributed by atoms with Crippen molar-refractivity contribution in [3.8, 4) is 0 Å². The molecule has 7 atom stereocenters. The van der Waals surface area contributed by atoms with Crippen LogP contribution in [0.3, 0.4) is 0 Å². The molecule has 4 fully saturated rings. The highest BCUT2D eigenvalue weighted by Gasteiger charge is 2.70. The largest absolute Gasteiger partial charge is 0.410 e. The van der Waals surface area contributed by atoms with Crippen molar-refractivity contribution in [3.05, 3.63) is 0 Å². The third-order valence-electron chi connectivity index (χ3n) is 10.3. The fourth-order valence-electron chi connectivity index (χ4n) is 8.92. The lowest BCUT2D eigenvalue weighted by Crippen LogP contribution is -2.64. The van der Waals surface area contributed by atoms with Crippen LogP contribution >= 0.6 is 0 Å². The smallest absolute Gasteiger partial charge is 0.188 e. The third-order valence-corrected chi connectivity index (χ3v) is 12.3. The van der Waals surface area contributed by atoms with E-state index in [1.54, 1.807) is 14.2 Å². The Balaban J connectivity index is 1.74. The highest BCUT2D eigenvalue weighted by Crippen LogP contribution is 2.68. The van der Waals surface area contributed by atoms with Crippen LogP contribution in [0.15, 0.2) is 10.3 Å². The molecule has 0 radical (unpaired) electrons. The maximum atomic E-state index is 14.3. The van der Waals surface area contributed by atoms with E-state index >= 15 is 0 Å². The first-order chi connectivity index (χ1) is 17.6. The molecule has 0 saturated heterocycles. The van der Waals surface area contributed by atoms with Crippen molar-refractivity contribution in [2.45, 2.75) is 110 Å². The number of carbonyl (C=O) groups is 1. The lowest BCUT2D eigenvalue weighted by atomic mass is 9.43. The molecule has 9 heteroatoms. The summed E-state index contributed by atoms with van der Waals surface area (Å²) in [7, 11) is -0.602. The van der Waals surface area contributed by atoms with Crippen LogP contribution in [0.1, 0.15) is 65.2 Å². The first-order valence-electron chi connectivity index (χ1n) is 14.7. The zero-order valence-electron chi connectivity index (χ0n) is 25.6. The van der Waals surface area contributed by atoms with Crippen molar-refractivity contribution in [1.82, 2.24) is 0 Å². The molecule has 216 valence electrons. The second-order valence-electron chi connectivity index (χ2n) is 14.8. The average molecular weight is 565 g/mol. The lowest BCUT2D eigenvalue weighted by Gasteiger charge is -2.61. The van der Waals surface area contributed by atoms with Gasteiger partial charge in [0.1, 0.15) is 19.8 Å². The molecule has 0 aromatic heterocycles. The highest BCUT2D eigenvalue weighted by molar-refractivity contribution is 6.70. The van der Waals surface area contributed by atoms with Crippen LogP contribution in [0.5, 0.6) is 0 Å². The molecule has 0 N–H and O–H groups in total. The number of Topliss-reactive ketones (excluding diaryl/α,β-unsaturated/α-hetero) is 1. The maximum Gasteiger partial charge on any atom is 0.188 e. The van der Waals surface area contributed by atoms with Crippen LogP contribution in [0.25, 0.3) is 0 Å². The minimum absolute atomic E-state index is 0.139. The topological polar surface area (TPSA) is 78.7 Å². The van der Waals surface area contributed by atoms with E-state index < -0.39 is 22.2 Å². The summed E-state index contributed by atoms with van der Waals surface area (Å²) < 4.78 is 13.3. The molecular formula is C29H52N2O5Si2.